The van der Waals surface area contributed by atoms with Crippen LogP contribution in [-0.2, 0) is 14.4 Å². The molecule has 6 nitrogen and oxygen atoms in total. The van der Waals surface area contributed by atoms with Crippen molar-refractivity contribution in [2.24, 2.45) is 11.8 Å². The predicted molar refractivity (Wildman–Crippen MR) is 93.7 cm³/mol. The van der Waals surface area contributed by atoms with E-state index in [1.807, 2.05) is 6.07 Å². The van der Waals surface area contributed by atoms with Gasteiger partial charge in [-0.2, -0.15) is 0 Å². The van der Waals surface area contributed by atoms with Gasteiger partial charge in [-0.05, 0) is 30.5 Å². The first kappa shape index (κ1) is 18.0. The summed E-state index contributed by atoms with van der Waals surface area (Å²) in [5.41, 5.74) is 1.33. The summed E-state index contributed by atoms with van der Waals surface area (Å²) in [5, 5.41) is 5.61. The minimum absolute atomic E-state index is 0.0653. The molecule has 1 fully saturated rings. The zero-order valence-electron chi connectivity index (χ0n) is 14.5. The van der Waals surface area contributed by atoms with E-state index in [-0.39, 0.29) is 30.1 Å². The molecular formula is C18H25N3O3. The second-order valence-corrected chi connectivity index (χ2v) is 6.61. The number of carbonyl (C=O) groups excluding carboxylic acids is 3. The fourth-order valence-corrected chi connectivity index (χ4v) is 2.72. The lowest BCUT2D eigenvalue weighted by Gasteiger charge is -2.18. The molecule has 0 saturated carbocycles. The van der Waals surface area contributed by atoms with Gasteiger partial charge in [0.2, 0.25) is 17.7 Å². The first-order valence-electron chi connectivity index (χ1n) is 8.32. The number of carbonyl (C=O) groups is 3. The smallest absolute Gasteiger partial charge is 0.227 e. The topological polar surface area (TPSA) is 78.5 Å². The number of nitrogens with one attached hydrogen (secondary N) is 2. The van der Waals surface area contributed by atoms with Gasteiger partial charge in [-0.3, -0.25) is 14.4 Å². The number of benzene rings is 1. The van der Waals surface area contributed by atoms with Crippen LogP contribution in [0.5, 0.6) is 0 Å². The molecule has 130 valence electrons. The zero-order valence-corrected chi connectivity index (χ0v) is 14.5. The average Bonchev–Trinajstić information content (AvgIpc) is 2.88. The standard InChI is InChI=1S/C18H25N3O3/c1-12(2)7-8-19-18(24)14-9-17(23)21(11-14)16-6-4-5-15(10-16)20-13(3)22/h4-6,10,12,14H,7-9,11H2,1-3H3,(H,19,24)(H,20,22). The third-order valence-electron chi connectivity index (χ3n) is 3.99. The Morgan fingerprint density at radius 1 is 1.33 bits per heavy atom. The quantitative estimate of drug-likeness (QED) is 0.838. The van der Waals surface area contributed by atoms with E-state index in [1.54, 1.807) is 23.1 Å². The lowest BCUT2D eigenvalue weighted by molar-refractivity contribution is -0.126. The van der Waals surface area contributed by atoms with Gasteiger partial charge in [-0.15, -0.1) is 0 Å². The zero-order chi connectivity index (χ0) is 17.7. The van der Waals surface area contributed by atoms with E-state index in [0.717, 1.165) is 6.42 Å². The molecule has 24 heavy (non-hydrogen) atoms. The number of anilines is 2. The highest BCUT2D eigenvalue weighted by atomic mass is 16.2. The van der Waals surface area contributed by atoms with Gasteiger partial charge in [0, 0.05) is 37.8 Å². The van der Waals surface area contributed by atoms with Crippen molar-refractivity contribution in [3.05, 3.63) is 24.3 Å². The van der Waals surface area contributed by atoms with Crippen molar-refractivity contribution in [1.82, 2.24) is 5.32 Å². The van der Waals surface area contributed by atoms with Gasteiger partial charge in [0.05, 0.1) is 5.92 Å². The van der Waals surface area contributed by atoms with Crippen molar-refractivity contribution < 1.29 is 14.4 Å². The van der Waals surface area contributed by atoms with Crippen LogP contribution >= 0.6 is 0 Å². The maximum Gasteiger partial charge on any atom is 0.227 e. The van der Waals surface area contributed by atoms with E-state index in [9.17, 15) is 14.4 Å². The van der Waals surface area contributed by atoms with Crippen molar-refractivity contribution in [1.29, 1.82) is 0 Å². The van der Waals surface area contributed by atoms with Crippen molar-refractivity contribution in [2.45, 2.75) is 33.6 Å². The van der Waals surface area contributed by atoms with Crippen molar-refractivity contribution in [3.63, 3.8) is 0 Å². The van der Waals surface area contributed by atoms with Gasteiger partial charge in [0.25, 0.3) is 0 Å². The Morgan fingerprint density at radius 3 is 2.75 bits per heavy atom. The molecule has 2 rings (SSSR count). The lowest BCUT2D eigenvalue weighted by Crippen LogP contribution is -2.33. The van der Waals surface area contributed by atoms with Crippen molar-refractivity contribution in [3.8, 4) is 0 Å². The van der Waals surface area contributed by atoms with Crippen LogP contribution in [0.25, 0.3) is 0 Å². The molecule has 0 spiro atoms. The fraction of sp³-hybridized carbons (Fsp3) is 0.500. The summed E-state index contributed by atoms with van der Waals surface area (Å²) >= 11 is 0. The monoisotopic (exact) mass is 331 g/mol. The Kier molecular flexibility index (Phi) is 5.95. The van der Waals surface area contributed by atoms with E-state index in [2.05, 4.69) is 24.5 Å². The molecule has 0 radical (unpaired) electrons. The Bertz CT molecular complexity index is 628. The van der Waals surface area contributed by atoms with Crippen LogP contribution in [0.15, 0.2) is 24.3 Å². The van der Waals surface area contributed by atoms with Gasteiger partial charge in [0.15, 0.2) is 0 Å². The minimum atomic E-state index is -0.325. The number of amides is 3. The fourth-order valence-electron chi connectivity index (χ4n) is 2.72. The Balaban J connectivity index is 1.99. The molecular weight excluding hydrogens is 306 g/mol. The lowest BCUT2D eigenvalue weighted by atomic mass is 10.1. The average molecular weight is 331 g/mol. The summed E-state index contributed by atoms with van der Waals surface area (Å²) in [5.74, 6) is -0.0941. The molecule has 0 bridgehead atoms. The van der Waals surface area contributed by atoms with Crippen LogP contribution in [0.4, 0.5) is 11.4 Å². The number of hydrogen-bond donors (Lipinski definition) is 2. The van der Waals surface area contributed by atoms with Gasteiger partial charge in [0.1, 0.15) is 0 Å². The van der Waals surface area contributed by atoms with Crippen LogP contribution in [0.3, 0.4) is 0 Å². The normalized spacial score (nSPS) is 17.2. The highest BCUT2D eigenvalue weighted by Crippen LogP contribution is 2.27. The van der Waals surface area contributed by atoms with Crippen molar-refractivity contribution in [2.75, 3.05) is 23.3 Å². The second-order valence-electron chi connectivity index (χ2n) is 6.61. The van der Waals surface area contributed by atoms with E-state index >= 15 is 0 Å². The highest BCUT2D eigenvalue weighted by Gasteiger charge is 2.35. The molecule has 1 unspecified atom stereocenters. The Hall–Kier alpha value is -2.37. The summed E-state index contributed by atoms with van der Waals surface area (Å²) < 4.78 is 0. The molecule has 1 saturated heterocycles. The molecule has 1 heterocycles. The Morgan fingerprint density at radius 2 is 2.08 bits per heavy atom. The van der Waals surface area contributed by atoms with Crippen LogP contribution in [0, 0.1) is 11.8 Å². The third-order valence-corrected chi connectivity index (χ3v) is 3.99. The van der Waals surface area contributed by atoms with Gasteiger partial charge in [-0.25, -0.2) is 0 Å². The van der Waals surface area contributed by atoms with E-state index in [4.69, 9.17) is 0 Å². The molecule has 0 aromatic heterocycles. The molecule has 0 aliphatic carbocycles. The highest BCUT2D eigenvalue weighted by molar-refractivity contribution is 6.01. The minimum Gasteiger partial charge on any atom is -0.356 e. The summed E-state index contributed by atoms with van der Waals surface area (Å²) in [6, 6.07) is 7.10. The summed E-state index contributed by atoms with van der Waals surface area (Å²) in [6.07, 6.45) is 1.15. The van der Waals surface area contributed by atoms with Crippen LogP contribution in [0.2, 0.25) is 0 Å². The van der Waals surface area contributed by atoms with Crippen LogP contribution in [0.1, 0.15) is 33.6 Å². The van der Waals surface area contributed by atoms with E-state index in [0.29, 0.717) is 30.4 Å². The first-order valence-corrected chi connectivity index (χ1v) is 8.32. The summed E-state index contributed by atoms with van der Waals surface area (Å²) in [6.45, 7) is 6.66. The first-order chi connectivity index (χ1) is 11.4. The number of rotatable bonds is 6. The molecule has 6 heteroatoms. The van der Waals surface area contributed by atoms with Gasteiger partial charge in [-0.1, -0.05) is 19.9 Å². The molecule has 2 N–H and O–H groups in total. The molecule has 1 atom stereocenters. The number of hydrogen-bond acceptors (Lipinski definition) is 3. The van der Waals surface area contributed by atoms with Gasteiger partial charge < -0.3 is 15.5 Å². The predicted octanol–water partition coefficient (Wildman–Crippen LogP) is 2.16. The number of nitrogens with zero attached hydrogens (tertiary/aromatic N) is 1. The van der Waals surface area contributed by atoms with E-state index < -0.39 is 0 Å². The summed E-state index contributed by atoms with van der Waals surface area (Å²) in [7, 11) is 0. The molecule has 3 amide bonds. The Labute approximate surface area is 142 Å². The second kappa shape index (κ2) is 7.95. The van der Waals surface area contributed by atoms with Crippen LogP contribution < -0.4 is 15.5 Å². The molecule has 1 aromatic carbocycles. The molecule has 1 aliphatic heterocycles. The maximum absolute atomic E-state index is 12.3. The SMILES string of the molecule is CC(=O)Nc1cccc(N2CC(C(=O)NCCC(C)C)CC2=O)c1. The van der Waals surface area contributed by atoms with E-state index in [1.165, 1.54) is 6.92 Å². The third kappa shape index (κ3) is 4.81. The molecule has 1 aromatic rings. The molecule has 1 aliphatic rings. The van der Waals surface area contributed by atoms with Gasteiger partial charge >= 0.3 is 0 Å². The summed E-state index contributed by atoms with van der Waals surface area (Å²) in [4.78, 5) is 37.2. The largest absolute Gasteiger partial charge is 0.356 e. The van der Waals surface area contributed by atoms with Crippen LogP contribution in [-0.4, -0.2) is 30.8 Å². The van der Waals surface area contributed by atoms with Crippen molar-refractivity contribution >= 4 is 29.1 Å². The maximum atomic E-state index is 12.3.